The summed E-state index contributed by atoms with van der Waals surface area (Å²) in [5.74, 6) is -0.143. The van der Waals surface area contributed by atoms with Gasteiger partial charge < -0.3 is 0 Å². The third-order valence-electron chi connectivity index (χ3n) is 5.53. The number of anilines is 1. The molecule has 28 heavy (non-hydrogen) atoms. The van der Waals surface area contributed by atoms with Crippen LogP contribution in [-0.2, 0) is 16.4 Å². The van der Waals surface area contributed by atoms with Gasteiger partial charge in [-0.3, -0.25) is 18.7 Å². The van der Waals surface area contributed by atoms with Gasteiger partial charge in [0.25, 0.3) is 5.91 Å². The molecule has 1 aliphatic heterocycles. The van der Waals surface area contributed by atoms with Crippen molar-refractivity contribution in [1.29, 1.82) is 0 Å². The first-order valence-electron chi connectivity index (χ1n) is 9.80. The second-order valence-electron chi connectivity index (χ2n) is 7.58. The topological polar surface area (TPSA) is 71.7 Å². The lowest BCUT2D eigenvalue weighted by Crippen LogP contribution is -2.29. The Hall–Kier alpha value is -2.41. The minimum Gasteiger partial charge on any atom is -0.270 e. The van der Waals surface area contributed by atoms with Gasteiger partial charge in [0.1, 0.15) is 5.49 Å². The van der Waals surface area contributed by atoms with Crippen LogP contribution in [0.15, 0.2) is 47.6 Å². The van der Waals surface area contributed by atoms with E-state index >= 15 is 0 Å². The van der Waals surface area contributed by atoms with Crippen molar-refractivity contribution in [2.24, 2.45) is 4.99 Å². The van der Waals surface area contributed by atoms with Crippen LogP contribution < -0.4 is 9.79 Å². The zero-order chi connectivity index (χ0) is 19.7. The van der Waals surface area contributed by atoms with E-state index in [0.717, 1.165) is 18.4 Å². The molecule has 0 amide bonds. The zero-order valence-corrected chi connectivity index (χ0v) is 16.9. The lowest BCUT2D eigenvalue weighted by atomic mass is 9.96. The Kier molecular flexibility index (Phi) is 5.10. The van der Waals surface area contributed by atoms with Crippen LogP contribution in [0.3, 0.4) is 0 Å². The predicted octanol–water partition coefficient (Wildman–Crippen LogP) is 2.73. The maximum Gasteiger partial charge on any atom is 0.263 e. The Balaban J connectivity index is 1.67. The second kappa shape index (κ2) is 7.54. The predicted molar refractivity (Wildman–Crippen MR) is 109 cm³/mol. The summed E-state index contributed by atoms with van der Waals surface area (Å²) in [6.45, 7) is 0.423. The third-order valence-corrected chi connectivity index (χ3v) is 6.71. The quantitative estimate of drug-likeness (QED) is 0.797. The highest BCUT2D eigenvalue weighted by Gasteiger charge is 2.27. The molecule has 2 aromatic rings. The van der Waals surface area contributed by atoms with Crippen molar-refractivity contribution < 1.29 is 13.2 Å². The Morgan fingerprint density at radius 1 is 1.11 bits per heavy atom. The molecule has 2 aliphatic rings. The molecule has 1 aliphatic carbocycles. The van der Waals surface area contributed by atoms with Crippen molar-refractivity contribution in [3.63, 3.8) is 0 Å². The number of aromatic nitrogens is 1. The molecule has 1 saturated carbocycles. The number of fused-ring (bicyclic) bond motifs is 1. The molecule has 6 nitrogen and oxygen atoms in total. The Bertz CT molecular complexity index is 1070. The number of sulfonamides is 1. The molecule has 0 N–H and O–H groups in total. The fraction of sp³-hybridized carbons (Fsp3) is 0.429. The Labute approximate surface area is 165 Å². The standard InChI is InChI=1S/C21H25N3O3S/c1-28(26,27)24-14-12-16-15-17(10-11-19(16)24)21(25)23-13-6-5-9-20(23)22-18-7-3-2-4-8-18/h5-6,9-11,13,15,18H,2-4,7-8,12,14H2,1H3. The highest BCUT2D eigenvalue weighted by molar-refractivity contribution is 7.92. The van der Waals surface area contributed by atoms with Crippen LogP contribution in [-0.4, -0.2) is 37.7 Å². The molecular formula is C21H25N3O3S. The molecule has 148 valence electrons. The highest BCUT2D eigenvalue weighted by Crippen LogP contribution is 2.30. The molecule has 0 radical (unpaired) electrons. The number of hydrogen-bond donors (Lipinski definition) is 0. The van der Waals surface area contributed by atoms with Crippen molar-refractivity contribution in [3.8, 4) is 0 Å². The molecule has 1 aromatic heterocycles. The summed E-state index contributed by atoms with van der Waals surface area (Å²) in [7, 11) is -3.30. The fourth-order valence-electron chi connectivity index (χ4n) is 4.10. The third kappa shape index (κ3) is 3.76. The van der Waals surface area contributed by atoms with E-state index in [1.165, 1.54) is 29.8 Å². The first kappa shape index (κ1) is 18.9. The number of benzene rings is 1. The van der Waals surface area contributed by atoms with Crippen molar-refractivity contribution in [2.45, 2.75) is 44.6 Å². The van der Waals surface area contributed by atoms with Crippen LogP contribution in [0, 0.1) is 0 Å². The summed E-state index contributed by atoms with van der Waals surface area (Å²) < 4.78 is 26.8. The minimum absolute atomic E-state index is 0.143. The summed E-state index contributed by atoms with van der Waals surface area (Å²) in [5, 5.41) is 0. The molecule has 0 unspecified atom stereocenters. The van der Waals surface area contributed by atoms with Crippen LogP contribution in [0.25, 0.3) is 0 Å². The van der Waals surface area contributed by atoms with E-state index < -0.39 is 10.0 Å². The summed E-state index contributed by atoms with van der Waals surface area (Å²) in [6, 6.07) is 11.1. The molecule has 0 bridgehead atoms. The number of carbonyl (C=O) groups is 1. The van der Waals surface area contributed by atoms with Crippen LogP contribution in [0.1, 0.15) is 48.0 Å². The van der Waals surface area contributed by atoms with Gasteiger partial charge in [-0.1, -0.05) is 25.3 Å². The van der Waals surface area contributed by atoms with Crippen LogP contribution in [0.4, 0.5) is 5.69 Å². The van der Waals surface area contributed by atoms with E-state index in [2.05, 4.69) is 0 Å². The Morgan fingerprint density at radius 2 is 1.89 bits per heavy atom. The van der Waals surface area contributed by atoms with Crippen LogP contribution >= 0.6 is 0 Å². The summed E-state index contributed by atoms with van der Waals surface area (Å²) >= 11 is 0. The smallest absolute Gasteiger partial charge is 0.263 e. The molecular weight excluding hydrogens is 374 g/mol. The molecule has 4 rings (SSSR count). The average molecular weight is 400 g/mol. The number of nitrogens with zero attached hydrogens (tertiary/aromatic N) is 3. The van der Waals surface area contributed by atoms with Crippen molar-refractivity contribution >= 4 is 21.6 Å². The first-order chi connectivity index (χ1) is 13.4. The maximum absolute atomic E-state index is 13.2. The van der Waals surface area contributed by atoms with Gasteiger partial charge in [0.05, 0.1) is 18.0 Å². The Morgan fingerprint density at radius 3 is 2.64 bits per heavy atom. The lowest BCUT2D eigenvalue weighted by molar-refractivity contribution is 0.0954. The molecule has 0 atom stereocenters. The van der Waals surface area contributed by atoms with E-state index in [1.54, 1.807) is 22.9 Å². The van der Waals surface area contributed by atoms with Gasteiger partial charge in [-0.15, -0.1) is 0 Å². The number of carbonyl (C=O) groups excluding carboxylic acids is 1. The van der Waals surface area contributed by atoms with Gasteiger partial charge in [-0.05, 0) is 55.2 Å². The average Bonchev–Trinajstić information content (AvgIpc) is 3.12. The van der Waals surface area contributed by atoms with Gasteiger partial charge in [-0.2, -0.15) is 0 Å². The van der Waals surface area contributed by atoms with Crippen LogP contribution in [0.5, 0.6) is 0 Å². The van der Waals surface area contributed by atoms with Crippen molar-refractivity contribution in [1.82, 2.24) is 4.57 Å². The van der Waals surface area contributed by atoms with E-state index in [4.69, 9.17) is 4.99 Å². The fourth-order valence-corrected chi connectivity index (χ4v) is 5.05. The first-order valence-corrected chi connectivity index (χ1v) is 11.7. The monoisotopic (exact) mass is 399 g/mol. The second-order valence-corrected chi connectivity index (χ2v) is 9.49. The largest absolute Gasteiger partial charge is 0.270 e. The number of pyridine rings is 1. The summed E-state index contributed by atoms with van der Waals surface area (Å²) in [5.41, 5.74) is 2.78. The molecule has 2 heterocycles. The SMILES string of the molecule is CS(=O)(=O)N1CCc2cc(C(=O)n3ccccc3=NC3CCCCC3)ccc21. The lowest BCUT2D eigenvalue weighted by Gasteiger charge is -2.18. The van der Waals surface area contributed by atoms with Gasteiger partial charge in [0.15, 0.2) is 0 Å². The molecule has 1 fully saturated rings. The van der Waals surface area contributed by atoms with Crippen molar-refractivity contribution in [3.05, 3.63) is 59.2 Å². The minimum atomic E-state index is -3.30. The normalized spacial score (nSPS) is 18.3. The van der Waals surface area contributed by atoms with Gasteiger partial charge in [0, 0.05) is 18.3 Å². The van der Waals surface area contributed by atoms with E-state index in [-0.39, 0.29) is 11.9 Å². The number of rotatable bonds is 3. The molecule has 0 spiro atoms. The maximum atomic E-state index is 13.2. The highest BCUT2D eigenvalue weighted by atomic mass is 32.2. The summed E-state index contributed by atoms with van der Waals surface area (Å²) in [6.07, 6.45) is 9.36. The zero-order valence-electron chi connectivity index (χ0n) is 16.0. The van der Waals surface area contributed by atoms with E-state index in [1.807, 2.05) is 24.3 Å². The van der Waals surface area contributed by atoms with Gasteiger partial charge >= 0.3 is 0 Å². The number of hydrogen-bond acceptors (Lipinski definition) is 4. The van der Waals surface area contributed by atoms with E-state index in [0.29, 0.717) is 29.7 Å². The van der Waals surface area contributed by atoms with Crippen molar-refractivity contribution in [2.75, 3.05) is 17.1 Å². The van der Waals surface area contributed by atoms with E-state index in [9.17, 15) is 13.2 Å². The summed E-state index contributed by atoms with van der Waals surface area (Å²) in [4.78, 5) is 18.0. The van der Waals surface area contributed by atoms with Crippen LogP contribution in [0.2, 0.25) is 0 Å². The van der Waals surface area contributed by atoms with Gasteiger partial charge in [0.2, 0.25) is 10.0 Å². The van der Waals surface area contributed by atoms with Gasteiger partial charge in [-0.25, -0.2) is 8.42 Å². The molecule has 0 saturated heterocycles. The molecule has 7 heteroatoms. The molecule has 1 aromatic carbocycles.